The Kier molecular flexibility index (Phi) is 6.24. The van der Waals surface area contributed by atoms with Crippen molar-refractivity contribution in [3.63, 3.8) is 0 Å². The van der Waals surface area contributed by atoms with Crippen LogP contribution in [0.15, 0.2) is 0 Å². The van der Waals surface area contributed by atoms with Crippen LogP contribution in [-0.4, -0.2) is 66.9 Å². The van der Waals surface area contributed by atoms with Gasteiger partial charge in [0, 0.05) is 20.1 Å². The summed E-state index contributed by atoms with van der Waals surface area (Å²) < 4.78 is 0. The standard InChI is InChI=1S/C11H20N4O3.ClH/c1-11(2)9(17)15(10(18)13-11)7-8(16)14(4)6-5-12-3;/h12H,5-7H2,1-4H3,(H,13,18);1H. The van der Waals surface area contributed by atoms with Gasteiger partial charge in [0.15, 0.2) is 0 Å². The highest BCUT2D eigenvalue weighted by Crippen LogP contribution is 2.16. The van der Waals surface area contributed by atoms with Gasteiger partial charge in [-0.25, -0.2) is 4.79 Å². The Morgan fingerprint density at radius 2 is 2.00 bits per heavy atom. The van der Waals surface area contributed by atoms with Crippen molar-refractivity contribution in [2.45, 2.75) is 19.4 Å². The average molecular weight is 293 g/mol. The van der Waals surface area contributed by atoms with E-state index in [0.717, 1.165) is 4.90 Å². The van der Waals surface area contributed by atoms with E-state index in [1.54, 1.807) is 27.9 Å². The average Bonchev–Trinajstić information content (AvgIpc) is 2.48. The van der Waals surface area contributed by atoms with Gasteiger partial charge < -0.3 is 15.5 Å². The Labute approximate surface area is 119 Å². The number of hydrogen-bond donors (Lipinski definition) is 2. The second-order valence-electron chi connectivity index (χ2n) is 4.87. The Hall–Kier alpha value is -1.34. The molecule has 1 fully saturated rings. The van der Waals surface area contributed by atoms with Gasteiger partial charge in [0.2, 0.25) is 5.91 Å². The van der Waals surface area contributed by atoms with Crippen molar-refractivity contribution in [2.24, 2.45) is 0 Å². The fourth-order valence-electron chi connectivity index (χ4n) is 1.62. The van der Waals surface area contributed by atoms with Crippen LogP contribution in [0.1, 0.15) is 13.8 Å². The molecule has 0 aromatic heterocycles. The number of nitrogens with zero attached hydrogens (tertiary/aromatic N) is 2. The Balaban J connectivity index is 0.00000324. The second-order valence-corrected chi connectivity index (χ2v) is 4.87. The minimum atomic E-state index is -0.930. The summed E-state index contributed by atoms with van der Waals surface area (Å²) in [5.41, 5.74) is -0.930. The predicted molar refractivity (Wildman–Crippen MR) is 73.1 cm³/mol. The van der Waals surface area contributed by atoms with Gasteiger partial charge in [0.25, 0.3) is 5.91 Å². The molecule has 0 aliphatic carbocycles. The van der Waals surface area contributed by atoms with Crippen LogP contribution in [0.5, 0.6) is 0 Å². The molecule has 2 N–H and O–H groups in total. The lowest BCUT2D eigenvalue weighted by Gasteiger charge is -2.20. The summed E-state index contributed by atoms with van der Waals surface area (Å²) in [6.07, 6.45) is 0. The largest absolute Gasteiger partial charge is 0.343 e. The van der Waals surface area contributed by atoms with Gasteiger partial charge >= 0.3 is 6.03 Å². The predicted octanol–water partition coefficient (Wildman–Crippen LogP) is -0.584. The summed E-state index contributed by atoms with van der Waals surface area (Å²) in [4.78, 5) is 37.7. The summed E-state index contributed by atoms with van der Waals surface area (Å²) in [6.45, 7) is 4.20. The number of halogens is 1. The molecule has 1 heterocycles. The molecule has 0 bridgehead atoms. The Bertz CT molecular complexity index is 373. The SMILES string of the molecule is CNCCN(C)C(=O)CN1C(=O)NC(C)(C)C1=O.Cl. The molecule has 8 heteroatoms. The molecule has 1 aliphatic rings. The molecular weight excluding hydrogens is 272 g/mol. The lowest BCUT2D eigenvalue weighted by Crippen LogP contribution is -2.44. The zero-order valence-corrected chi connectivity index (χ0v) is 12.5. The van der Waals surface area contributed by atoms with Gasteiger partial charge in [-0.15, -0.1) is 12.4 Å². The minimum absolute atomic E-state index is 0. The number of carbonyl (C=O) groups excluding carboxylic acids is 3. The maximum absolute atomic E-state index is 11.9. The van der Waals surface area contributed by atoms with Crippen LogP contribution in [0.3, 0.4) is 0 Å². The third kappa shape index (κ3) is 4.07. The van der Waals surface area contributed by atoms with Crippen LogP contribution in [0, 0.1) is 0 Å². The van der Waals surface area contributed by atoms with E-state index in [9.17, 15) is 14.4 Å². The monoisotopic (exact) mass is 292 g/mol. The van der Waals surface area contributed by atoms with E-state index in [4.69, 9.17) is 0 Å². The lowest BCUT2D eigenvalue weighted by molar-refractivity contribution is -0.137. The van der Waals surface area contributed by atoms with Crippen molar-refractivity contribution in [1.82, 2.24) is 20.4 Å². The van der Waals surface area contributed by atoms with E-state index in [0.29, 0.717) is 13.1 Å². The normalized spacial score (nSPS) is 16.9. The number of rotatable bonds is 5. The number of likely N-dealkylation sites (N-methyl/N-ethyl adjacent to an activating group) is 2. The van der Waals surface area contributed by atoms with E-state index in [1.807, 2.05) is 0 Å². The van der Waals surface area contributed by atoms with Crippen molar-refractivity contribution < 1.29 is 14.4 Å². The highest BCUT2D eigenvalue weighted by Gasteiger charge is 2.45. The molecule has 19 heavy (non-hydrogen) atoms. The zero-order valence-electron chi connectivity index (χ0n) is 11.6. The third-order valence-electron chi connectivity index (χ3n) is 2.86. The van der Waals surface area contributed by atoms with Gasteiger partial charge in [0.1, 0.15) is 12.1 Å². The van der Waals surface area contributed by atoms with E-state index < -0.39 is 11.6 Å². The smallest absolute Gasteiger partial charge is 0.325 e. The quantitative estimate of drug-likeness (QED) is 0.664. The number of urea groups is 1. The maximum atomic E-state index is 11.9. The number of imide groups is 1. The number of amides is 4. The van der Waals surface area contributed by atoms with Crippen LogP contribution >= 0.6 is 12.4 Å². The number of hydrogen-bond acceptors (Lipinski definition) is 4. The minimum Gasteiger partial charge on any atom is -0.343 e. The van der Waals surface area contributed by atoms with Gasteiger partial charge in [-0.05, 0) is 20.9 Å². The molecule has 7 nitrogen and oxygen atoms in total. The molecular formula is C11H21ClN4O3. The van der Waals surface area contributed by atoms with Gasteiger partial charge in [-0.1, -0.05) is 0 Å². The number of nitrogens with one attached hydrogen (secondary N) is 2. The van der Waals surface area contributed by atoms with Crippen molar-refractivity contribution >= 4 is 30.3 Å². The van der Waals surface area contributed by atoms with E-state index >= 15 is 0 Å². The Morgan fingerprint density at radius 3 is 2.42 bits per heavy atom. The molecule has 1 saturated heterocycles. The van der Waals surface area contributed by atoms with Crippen LogP contribution in [0.25, 0.3) is 0 Å². The molecule has 0 spiro atoms. The van der Waals surface area contributed by atoms with Gasteiger partial charge in [-0.2, -0.15) is 0 Å². The summed E-state index contributed by atoms with van der Waals surface area (Å²) in [6, 6.07) is -0.514. The molecule has 110 valence electrons. The topological polar surface area (TPSA) is 81.8 Å². The molecule has 0 unspecified atom stereocenters. The van der Waals surface area contributed by atoms with Crippen LogP contribution in [0.4, 0.5) is 4.79 Å². The first-order chi connectivity index (χ1) is 8.29. The van der Waals surface area contributed by atoms with E-state index in [2.05, 4.69) is 10.6 Å². The summed E-state index contributed by atoms with van der Waals surface area (Å²) in [5.74, 6) is -0.630. The van der Waals surface area contributed by atoms with E-state index in [1.165, 1.54) is 4.90 Å². The van der Waals surface area contributed by atoms with Crippen LogP contribution in [-0.2, 0) is 9.59 Å². The second kappa shape index (κ2) is 6.72. The summed E-state index contributed by atoms with van der Waals surface area (Å²) in [7, 11) is 3.43. The molecule has 1 aliphatic heterocycles. The maximum Gasteiger partial charge on any atom is 0.325 e. The van der Waals surface area contributed by atoms with Gasteiger partial charge in [0.05, 0.1) is 0 Å². The van der Waals surface area contributed by atoms with Crippen LogP contribution in [0.2, 0.25) is 0 Å². The molecule has 0 saturated carbocycles. The third-order valence-corrected chi connectivity index (χ3v) is 2.86. The zero-order chi connectivity index (χ0) is 13.9. The molecule has 0 radical (unpaired) electrons. The van der Waals surface area contributed by atoms with E-state index in [-0.39, 0.29) is 30.8 Å². The number of carbonyl (C=O) groups is 3. The first-order valence-electron chi connectivity index (χ1n) is 5.82. The fraction of sp³-hybridized carbons (Fsp3) is 0.727. The Morgan fingerprint density at radius 1 is 1.42 bits per heavy atom. The highest BCUT2D eigenvalue weighted by molar-refractivity contribution is 6.08. The lowest BCUT2D eigenvalue weighted by atomic mass is 10.1. The summed E-state index contributed by atoms with van der Waals surface area (Å²) >= 11 is 0. The molecule has 0 aromatic carbocycles. The van der Waals surface area contributed by atoms with Crippen molar-refractivity contribution in [2.75, 3.05) is 33.7 Å². The molecule has 0 aromatic rings. The summed E-state index contributed by atoms with van der Waals surface area (Å²) in [5, 5.41) is 5.46. The first kappa shape index (κ1) is 17.7. The fourth-order valence-corrected chi connectivity index (χ4v) is 1.62. The molecule has 1 rings (SSSR count). The van der Waals surface area contributed by atoms with Crippen molar-refractivity contribution in [1.29, 1.82) is 0 Å². The highest BCUT2D eigenvalue weighted by atomic mass is 35.5. The first-order valence-corrected chi connectivity index (χ1v) is 5.82. The van der Waals surface area contributed by atoms with Gasteiger partial charge in [-0.3, -0.25) is 14.5 Å². The van der Waals surface area contributed by atoms with Crippen LogP contribution < -0.4 is 10.6 Å². The molecule has 0 atom stereocenters. The molecule has 4 amide bonds. The van der Waals surface area contributed by atoms with Crippen molar-refractivity contribution in [3.05, 3.63) is 0 Å². The van der Waals surface area contributed by atoms with Crippen molar-refractivity contribution in [3.8, 4) is 0 Å².